The van der Waals surface area contributed by atoms with E-state index in [9.17, 15) is 4.79 Å². The molecule has 5 heteroatoms. The number of halogens is 1. The van der Waals surface area contributed by atoms with Crippen LogP contribution in [-0.4, -0.2) is 37.0 Å². The number of carbonyl (C=O) groups excluding carboxylic acids is 1. The molecular weight excluding hydrogens is 286 g/mol. The summed E-state index contributed by atoms with van der Waals surface area (Å²) in [5.41, 5.74) is 7.10. The van der Waals surface area contributed by atoms with Crippen molar-refractivity contribution in [1.29, 1.82) is 0 Å². The lowest BCUT2D eigenvalue weighted by atomic mass is 9.96. The summed E-state index contributed by atoms with van der Waals surface area (Å²) in [7, 11) is 0. The second kappa shape index (κ2) is 9.03. The van der Waals surface area contributed by atoms with Crippen LogP contribution in [0.2, 0.25) is 0 Å². The summed E-state index contributed by atoms with van der Waals surface area (Å²) in [5, 5.41) is 3.43. The number of rotatable bonds is 6. The summed E-state index contributed by atoms with van der Waals surface area (Å²) in [4.78, 5) is 13.7. The fraction of sp³-hybridized carbons (Fsp3) is 0.562. The number of amides is 1. The van der Waals surface area contributed by atoms with E-state index in [1.54, 1.807) is 6.07 Å². The standard InChI is InChI=1S/C16H25N3O.ClH/c1-2-18-11-13-6-8-19(9-7-13)12-14-4-3-5-15(10-14)16(17)20;/h3-5,10,13,18H,2,6-9,11-12H2,1H3,(H2,17,20);1H. The third kappa shape index (κ3) is 5.65. The zero-order valence-electron chi connectivity index (χ0n) is 12.7. The first kappa shape index (κ1) is 18.0. The van der Waals surface area contributed by atoms with Crippen molar-refractivity contribution < 1.29 is 4.79 Å². The number of likely N-dealkylation sites (tertiary alicyclic amines) is 1. The van der Waals surface area contributed by atoms with Gasteiger partial charge in [-0.3, -0.25) is 9.69 Å². The first-order valence-corrected chi connectivity index (χ1v) is 7.51. The number of nitrogens with one attached hydrogen (secondary N) is 1. The Morgan fingerprint density at radius 3 is 2.71 bits per heavy atom. The van der Waals surface area contributed by atoms with Gasteiger partial charge >= 0.3 is 0 Å². The Labute approximate surface area is 133 Å². The van der Waals surface area contributed by atoms with Gasteiger partial charge in [-0.15, -0.1) is 12.4 Å². The Balaban J connectivity index is 0.00000220. The molecule has 3 N–H and O–H groups in total. The van der Waals surface area contributed by atoms with Crippen LogP contribution in [0.15, 0.2) is 24.3 Å². The molecule has 1 fully saturated rings. The molecule has 2 rings (SSSR count). The zero-order chi connectivity index (χ0) is 14.4. The Bertz CT molecular complexity index is 445. The Morgan fingerprint density at radius 1 is 1.38 bits per heavy atom. The molecule has 0 unspecified atom stereocenters. The van der Waals surface area contributed by atoms with Gasteiger partial charge < -0.3 is 11.1 Å². The van der Waals surface area contributed by atoms with Crippen LogP contribution >= 0.6 is 12.4 Å². The summed E-state index contributed by atoms with van der Waals surface area (Å²) in [6, 6.07) is 7.66. The summed E-state index contributed by atoms with van der Waals surface area (Å²) < 4.78 is 0. The van der Waals surface area contributed by atoms with Gasteiger partial charge in [-0.1, -0.05) is 19.1 Å². The van der Waals surface area contributed by atoms with Gasteiger partial charge in [0, 0.05) is 12.1 Å². The first-order valence-electron chi connectivity index (χ1n) is 7.51. The largest absolute Gasteiger partial charge is 0.366 e. The Hall–Kier alpha value is -1.10. The molecule has 1 saturated heterocycles. The zero-order valence-corrected chi connectivity index (χ0v) is 13.5. The van der Waals surface area contributed by atoms with E-state index in [-0.39, 0.29) is 18.3 Å². The van der Waals surface area contributed by atoms with Crippen LogP contribution in [0.5, 0.6) is 0 Å². The molecule has 1 aromatic carbocycles. The maximum Gasteiger partial charge on any atom is 0.248 e. The van der Waals surface area contributed by atoms with Gasteiger partial charge in [0.15, 0.2) is 0 Å². The molecule has 118 valence electrons. The molecule has 4 nitrogen and oxygen atoms in total. The normalized spacial score (nSPS) is 16.4. The molecule has 1 amide bonds. The van der Waals surface area contributed by atoms with E-state index in [2.05, 4.69) is 23.2 Å². The third-order valence-electron chi connectivity index (χ3n) is 4.01. The highest BCUT2D eigenvalue weighted by atomic mass is 35.5. The van der Waals surface area contributed by atoms with Crippen LogP contribution in [0.1, 0.15) is 35.7 Å². The van der Waals surface area contributed by atoms with Gasteiger partial charge in [0.1, 0.15) is 0 Å². The average molecular weight is 312 g/mol. The lowest BCUT2D eigenvalue weighted by Gasteiger charge is -2.32. The van der Waals surface area contributed by atoms with Gasteiger partial charge in [-0.2, -0.15) is 0 Å². The monoisotopic (exact) mass is 311 g/mol. The van der Waals surface area contributed by atoms with Crippen molar-refractivity contribution in [2.75, 3.05) is 26.2 Å². The predicted octanol–water partition coefficient (Wildman–Crippen LogP) is 2.03. The summed E-state index contributed by atoms with van der Waals surface area (Å²) in [5.74, 6) is 0.458. The van der Waals surface area contributed by atoms with Gasteiger partial charge in [0.05, 0.1) is 0 Å². The SMILES string of the molecule is CCNCC1CCN(Cc2cccc(C(N)=O)c2)CC1.Cl. The molecule has 1 aliphatic rings. The minimum Gasteiger partial charge on any atom is -0.366 e. The van der Waals surface area contributed by atoms with E-state index in [4.69, 9.17) is 5.73 Å². The number of piperidine rings is 1. The van der Waals surface area contributed by atoms with Gasteiger partial charge in [-0.05, 0) is 62.6 Å². The van der Waals surface area contributed by atoms with Crippen LogP contribution in [-0.2, 0) is 6.54 Å². The van der Waals surface area contributed by atoms with E-state index in [0.29, 0.717) is 5.56 Å². The molecule has 0 saturated carbocycles. The van der Waals surface area contributed by atoms with E-state index in [0.717, 1.165) is 38.6 Å². The van der Waals surface area contributed by atoms with Crippen molar-refractivity contribution in [1.82, 2.24) is 10.2 Å². The second-order valence-electron chi connectivity index (χ2n) is 5.59. The van der Waals surface area contributed by atoms with E-state index < -0.39 is 0 Å². The van der Waals surface area contributed by atoms with E-state index in [1.165, 1.54) is 18.4 Å². The summed E-state index contributed by atoms with van der Waals surface area (Å²) in [6.45, 7) is 7.53. The van der Waals surface area contributed by atoms with Crippen molar-refractivity contribution in [3.8, 4) is 0 Å². The van der Waals surface area contributed by atoms with Crippen LogP contribution in [0.25, 0.3) is 0 Å². The maximum atomic E-state index is 11.2. The molecule has 21 heavy (non-hydrogen) atoms. The smallest absolute Gasteiger partial charge is 0.248 e. The first-order chi connectivity index (χ1) is 9.69. The van der Waals surface area contributed by atoms with E-state index in [1.807, 2.05) is 12.1 Å². The number of nitrogens with two attached hydrogens (primary N) is 1. The van der Waals surface area contributed by atoms with Crippen LogP contribution < -0.4 is 11.1 Å². The van der Waals surface area contributed by atoms with E-state index >= 15 is 0 Å². The lowest BCUT2D eigenvalue weighted by Crippen LogP contribution is -2.36. The van der Waals surface area contributed by atoms with Crippen molar-refractivity contribution in [2.45, 2.75) is 26.3 Å². The van der Waals surface area contributed by atoms with Crippen LogP contribution in [0.4, 0.5) is 0 Å². The van der Waals surface area contributed by atoms with Crippen LogP contribution in [0.3, 0.4) is 0 Å². The number of carbonyl (C=O) groups is 1. The highest BCUT2D eigenvalue weighted by Gasteiger charge is 2.18. The van der Waals surface area contributed by atoms with Crippen molar-refractivity contribution in [3.63, 3.8) is 0 Å². The number of primary amides is 1. The number of hydrogen-bond donors (Lipinski definition) is 2. The average Bonchev–Trinajstić information content (AvgIpc) is 2.47. The van der Waals surface area contributed by atoms with Crippen molar-refractivity contribution in [2.24, 2.45) is 11.7 Å². The van der Waals surface area contributed by atoms with Gasteiger partial charge in [0.25, 0.3) is 0 Å². The predicted molar refractivity (Wildman–Crippen MR) is 88.8 cm³/mol. The molecule has 0 atom stereocenters. The third-order valence-corrected chi connectivity index (χ3v) is 4.01. The number of hydrogen-bond acceptors (Lipinski definition) is 3. The van der Waals surface area contributed by atoms with Crippen molar-refractivity contribution >= 4 is 18.3 Å². The molecule has 0 bridgehead atoms. The fourth-order valence-corrected chi connectivity index (χ4v) is 2.78. The second-order valence-corrected chi connectivity index (χ2v) is 5.59. The fourth-order valence-electron chi connectivity index (χ4n) is 2.78. The summed E-state index contributed by atoms with van der Waals surface area (Å²) >= 11 is 0. The highest BCUT2D eigenvalue weighted by Crippen LogP contribution is 2.18. The van der Waals surface area contributed by atoms with Gasteiger partial charge in [0.2, 0.25) is 5.91 Å². The topological polar surface area (TPSA) is 58.4 Å². The molecule has 0 aromatic heterocycles. The molecule has 0 radical (unpaired) electrons. The minimum atomic E-state index is -0.351. The molecule has 1 aliphatic heterocycles. The Kier molecular flexibility index (Phi) is 7.72. The number of benzene rings is 1. The molecular formula is C16H26ClN3O. The lowest BCUT2D eigenvalue weighted by molar-refractivity contribution is 0.1000. The van der Waals surface area contributed by atoms with Crippen molar-refractivity contribution in [3.05, 3.63) is 35.4 Å². The molecule has 0 spiro atoms. The molecule has 0 aliphatic carbocycles. The quantitative estimate of drug-likeness (QED) is 0.845. The minimum absolute atomic E-state index is 0. The summed E-state index contributed by atoms with van der Waals surface area (Å²) in [6.07, 6.45) is 2.50. The van der Waals surface area contributed by atoms with Gasteiger partial charge in [-0.25, -0.2) is 0 Å². The number of nitrogens with zero attached hydrogens (tertiary/aromatic N) is 1. The highest BCUT2D eigenvalue weighted by molar-refractivity contribution is 5.92. The molecule has 1 aromatic rings. The molecule has 1 heterocycles. The maximum absolute atomic E-state index is 11.2. The van der Waals surface area contributed by atoms with Crippen LogP contribution in [0, 0.1) is 5.92 Å². The Morgan fingerprint density at radius 2 is 2.10 bits per heavy atom.